The number of thioether (sulfide) groups is 1. The number of carbonyl (C=O) groups excluding carboxylic acids is 1. The fourth-order valence-electron chi connectivity index (χ4n) is 4.00. The second-order valence-electron chi connectivity index (χ2n) is 8.28. The van der Waals surface area contributed by atoms with Crippen molar-refractivity contribution in [3.05, 3.63) is 66.5 Å². The average molecular weight is 465 g/mol. The first-order valence-electron chi connectivity index (χ1n) is 11.1. The highest BCUT2D eigenvalue weighted by Crippen LogP contribution is 2.26. The van der Waals surface area contributed by atoms with Crippen LogP contribution < -0.4 is 5.32 Å². The Bertz CT molecular complexity index is 1060. The van der Waals surface area contributed by atoms with Gasteiger partial charge >= 0.3 is 0 Å². The van der Waals surface area contributed by atoms with E-state index in [1.807, 2.05) is 36.4 Å². The van der Waals surface area contributed by atoms with Crippen LogP contribution in [0.1, 0.15) is 18.4 Å². The maximum Gasteiger partial charge on any atom is 0.230 e. The highest BCUT2D eigenvalue weighted by molar-refractivity contribution is 7.99. The molecular formula is C25H28N4O3S. The molecule has 0 bridgehead atoms. The van der Waals surface area contributed by atoms with Gasteiger partial charge in [-0.1, -0.05) is 48.2 Å². The Morgan fingerprint density at radius 2 is 1.85 bits per heavy atom. The zero-order chi connectivity index (χ0) is 23.0. The average Bonchev–Trinajstić information content (AvgIpc) is 2.85. The number of aromatic hydroxyl groups is 2. The quantitative estimate of drug-likeness (QED) is 0.266. The number of carbonyl (C=O) groups is 1. The van der Waals surface area contributed by atoms with E-state index in [9.17, 15) is 15.0 Å². The lowest BCUT2D eigenvalue weighted by Crippen LogP contribution is -2.40. The highest BCUT2D eigenvalue weighted by Gasteiger charge is 2.21. The minimum absolute atomic E-state index is 0.0173. The van der Waals surface area contributed by atoms with Crippen molar-refractivity contribution in [1.82, 2.24) is 20.2 Å². The van der Waals surface area contributed by atoms with Crippen molar-refractivity contribution < 1.29 is 15.0 Å². The number of piperidine rings is 1. The van der Waals surface area contributed by atoms with Crippen LogP contribution in [0.4, 0.5) is 0 Å². The molecule has 1 aromatic heterocycles. The van der Waals surface area contributed by atoms with Gasteiger partial charge in [0.15, 0.2) is 16.7 Å². The molecule has 3 N–H and O–H groups in total. The summed E-state index contributed by atoms with van der Waals surface area (Å²) in [6.45, 7) is 3.23. The second kappa shape index (κ2) is 11.2. The first-order valence-corrected chi connectivity index (χ1v) is 12.1. The number of hydrogen-bond donors (Lipinski definition) is 3. The van der Waals surface area contributed by atoms with Gasteiger partial charge in [0, 0.05) is 37.6 Å². The van der Waals surface area contributed by atoms with Gasteiger partial charge in [0.2, 0.25) is 5.91 Å². The summed E-state index contributed by atoms with van der Waals surface area (Å²) in [5, 5.41) is 22.8. The molecule has 1 fully saturated rings. The predicted octanol–water partition coefficient (Wildman–Crippen LogP) is 3.68. The number of phenolic OH excluding ortho intramolecular Hbond substituents is 2. The molecule has 172 valence electrons. The molecular weight excluding hydrogens is 436 g/mol. The molecule has 4 rings (SSSR count). The summed E-state index contributed by atoms with van der Waals surface area (Å²) < 4.78 is 0. The van der Waals surface area contributed by atoms with E-state index < -0.39 is 0 Å². The Kier molecular flexibility index (Phi) is 7.80. The molecule has 1 aliphatic rings. The van der Waals surface area contributed by atoms with Crippen LogP contribution in [0.3, 0.4) is 0 Å². The van der Waals surface area contributed by atoms with Gasteiger partial charge < -0.3 is 15.5 Å². The van der Waals surface area contributed by atoms with Crippen LogP contribution in [0.15, 0.2) is 66.1 Å². The van der Waals surface area contributed by atoms with E-state index in [1.165, 1.54) is 17.8 Å². The van der Waals surface area contributed by atoms with E-state index in [0.717, 1.165) is 42.6 Å². The fraction of sp³-hybridized carbons (Fsp3) is 0.320. The molecule has 0 spiro atoms. The van der Waals surface area contributed by atoms with Gasteiger partial charge in [-0.05, 0) is 48.6 Å². The topological polar surface area (TPSA) is 98.6 Å². The van der Waals surface area contributed by atoms with Crippen LogP contribution in [0, 0.1) is 5.92 Å². The van der Waals surface area contributed by atoms with Crippen molar-refractivity contribution in [2.24, 2.45) is 5.92 Å². The third-order valence-electron chi connectivity index (χ3n) is 5.70. The minimum Gasteiger partial charge on any atom is -0.504 e. The SMILES string of the molecule is O=C(CSc1ncc(-c2ccccc2)cn1)NCC1CCCN(Cc2ccc(O)c(O)c2)C1. The number of nitrogens with zero attached hydrogens (tertiary/aromatic N) is 3. The van der Waals surface area contributed by atoms with Gasteiger partial charge in [-0.2, -0.15) is 0 Å². The monoisotopic (exact) mass is 464 g/mol. The van der Waals surface area contributed by atoms with E-state index in [4.69, 9.17) is 0 Å². The minimum atomic E-state index is -0.103. The predicted molar refractivity (Wildman–Crippen MR) is 129 cm³/mol. The number of amides is 1. The van der Waals surface area contributed by atoms with Crippen molar-refractivity contribution in [1.29, 1.82) is 0 Å². The van der Waals surface area contributed by atoms with Crippen molar-refractivity contribution in [2.75, 3.05) is 25.4 Å². The maximum absolute atomic E-state index is 12.3. The lowest BCUT2D eigenvalue weighted by molar-refractivity contribution is -0.118. The normalized spacial score (nSPS) is 16.4. The van der Waals surface area contributed by atoms with Gasteiger partial charge in [0.25, 0.3) is 0 Å². The van der Waals surface area contributed by atoms with E-state index in [0.29, 0.717) is 24.2 Å². The van der Waals surface area contributed by atoms with Crippen molar-refractivity contribution in [3.63, 3.8) is 0 Å². The largest absolute Gasteiger partial charge is 0.504 e. The molecule has 8 heteroatoms. The van der Waals surface area contributed by atoms with Gasteiger partial charge in [-0.25, -0.2) is 9.97 Å². The molecule has 1 amide bonds. The summed E-state index contributed by atoms with van der Waals surface area (Å²) in [6.07, 6.45) is 5.72. The molecule has 1 saturated heterocycles. The molecule has 7 nitrogen and oxygen atoms in total. The summed E-state index contributed by atoms with van der Waals surface area (Å²) in [5.41, 5.74) is 2.98. The molecule has 0 radical (unpaired) electrons. The third-order valence-corrected chi connectivity index (χ3v) is 6.58. The summed E-state index contributed by atoms with van der Waals surface area (Å²) in [7, 11) is 0. The second-order valence-corrected chi connectivity index (χ2v) is 9.22. The first-order chi connectivity index (χ1) is 16.1. The van der Waals surface area contributed by atoms with Crippen molar-refractivity contribution in [2.45, 2.75) is 24.5 Å². The molecule has 33 heavy (non-hydrogen) atoms. The first kappa shape index (κ1) is 23.1. The highest BCUT2D eigenvalue weighted by atomic mass is 32.2. The number of phenols is 2. The molecule has 2 aromatic carbocycles. The molecule has 0 saturated carbocycles. The lowest BCUT2D eigenvalue weighted by Gasteiger charge is -2.32. The standard InChI is InChI=1S/C25H28N4O3S/c30-22-9-8-18(11-23(22)31)15-29-10-4-5-19(16-29)12-26-24(32)17-33-25-27-13-21(14-28-25)20-6-2-1-3-7-20/h1-3,6-9,11,13-14,19,30-31H,4-5,10,12,15-17H2,(H,26,32). The molecule has 1 unspecified atom stereocenters. The van der Waals surface area contributed by atoms with E-state index in [-0.39, 0.29) is 23.2 Å². The number of nitrogens with one attached hydrogen (secondary N) is 1. The number of benzene rings is 2. The van der Waals surface area contributed by atoms with E-state index in [2.05, 4.69) is 20.2 Å². The van der Waals surface area contributed by atoms with Gasteiger partial charge in [0.1, 0.15) is 0 Å². The van der Waals surface area contributed by atoms with Gasteiger partial charge in [0.05, 0.1) is 5.75 Å². The Morgan fingerprint density at radius 1 is 1.06 bits per heavy atom. The summed E-state index contributed by atoms with van der Waals surface area (Å²) in [5.74, 6) is 0.461. The van der Waals surface area contributed by atoms with Crippen molar-refractivity contribution >= 4 is 17.7 Å². The lowest BCUT2D eigenvalue weighted by atomic mass is 9.97. The Hall–Kier alpha value is -3.10. The van der Waals surface area contributed by atoms with Crippen LogP contribution in [-0.4, -0.2) is 56.4 Å². The van der Waals surface area contributed by atoms with Crippen LogP contribution in [0.2, 0.25) is 0 Å². The number of likely N-dealkylation sites (tertiary alicyclic amines) is 1. The Morgan fingerprint density at radius 3 is 2.61 bits per heavy atom. The molecule has 1 aliphatic heterocycles. The zero-order valence-corrected chi connectivity index (χ0v) is 19.2. The van der Waals surface area contributed by atoms with E-state index >= 15 is 0 Å². The third kappa shape index (κ3) is 6.69. The molecule has 0 aliphatic carbocycles. The van der Waals surface area contributed by atoms with Gasteiger partial charge in [-0.15, -0.1) is 0 Å². The summed E-state index contributed by atoms with van der Waals surface area (Å²) in [4.78, 5) is 23.4. The fourth-order valence-corrected chi connectivity index (χ4v) is 4.61. The summed E-state index contributed by atoms with van der Waals surface area (Å²) in [6, 6.07) is 14.9. The molecule has 1 atom stereocenters. The maximum atomic E-state index is 12.3. The van der Waals surface area contributed by atoms with Crippen LogP contribution in [0.5, 0.6) is 11.5 Å². The molecule has 2 heterocycles. The van der Waals surface area contributed by atoms with Crippen LogP contribution >= 0.6 is 11.8 Å². The van der Waals surface area contributed by atoms with Crippen molar-refractivity contribution in [3.8, 4) is 22.6 Å². The van der Waals surface area contributed by atoms with Crippen LogP contribution in [-0.2, 0) is 11.3 Å². The summed E-state index contributed by atoms with van der Waals surface area (Å²) >= 11 is 1.34. The molecule has 3 aromatic rings. The number of hydrogen-bond acceptors (Lipinski definition) is 7. The van der Waals surface area contributed by atoms with E-state index in [1.54, 1.807) is 18.5 Å². The zero-order valence-electron chi connectivity index (χ0n) is 18.4. The van der Waals surface area contributed by atoms with Crippen LogP contribution in [0.25, 0.3) is 11.1 Å². The smallest absolute Gasteiger partial charge is 0.230 e. The van der Waals surface area contributed by atoms with Gasteiger partial charge in [-0.3, -0.25) is 9.69 Å². The Balaban J connectivity index is 1.19. The Labute approximate surface area is 197 Å². The number of rotatable bonds is 8. The number of aromatic nitrogens is 2.